The number of nitrogens with two attached hydrogens (primary N) is 2. The van der Waals surface area contributed by atoms with Gasteiger partial charge in [0.25, 0.3) is 0 Å². The fourth-order valence-corrected chi connectivity index (χ4v) is 1.57. The van der Waals surface area contributed by atoms with Crippen molar-refractivity contribution in [3.05, 3.63) is 36.0 Å². The first-order valence-corrected chi connectivity index (χ1v) is 5.24. The number of nitrogens with zero attached hydrogens (tertiary/aromatic N) is 2. The first-order chi connectivity index (χ1) is 8.08. The van der Waals surface area contributed by atoms with E-state index in [1.165, 1.54) is 0 Å². The van der Waals surface area contributed by atoms with Gasteiger partial charge in [-0.2, -0.15) is 4.98 Å². The maximum Gasteiger partial charge on any atom is 0.221 e. The van der Waals surface area contributed by atoms with Crippen molar-refractivity contribution >= 4 is 11.8 Å². The summed E-state index contributed by atoms with van der Waals surface area (Å²) in [4.78, 5) is 7.81. The van der Waals surface area contributed by atoms with Gasteiger partial charge in [0.15, 0.2) is 0 Å². The molecule has 2 aromatic rings. The Morgan fingerprint density at radius 2 is 1.82 bits per heavy atom. The van der Waals surface area contributed by atoms with Crippen LogP contribution in [0.1, 0.15) is 18.6 Å². The number of nitrogen functional groups attached to an aromatic ring is 2. The molecule has 1 heterocycles. The van der Waals surface area contributed by atoms with Gasteiger partial charge < -0.3 is 16.6 Å². The molecule has 1 atom stereocenters. The number of aliphatic hydroxyl groups excluding tert-OH is 1. The van der Waals surface area contributed by atoms with Crippen molar-refractivity contribution in [2.75, 3.05) is 11.5 Å². The Morgan fingerprint density at radius 1 is 1.18 bits per heavy atom. The summed E-state index contributed by atoms with van der Waals surface area (Å²) in [6, 6.07) is 7.42. The lowest BCUT2D eigenvalue weighted by Crippen LogP contribution is -2.01. The van der Waals surface area contributed by atoms with E-state index in [0.29, 0.717) is 5.82 Å². The van der Waals surface area contributed by atoms with E-state index in [0.717, 1.165) is 16.7 Å². The van der Waals surface area contributed by atoms with E-state index in [2.05, 4.69) is 9.97 Å². The summed E-state index contributed by atoms with van der Waals surface area (Å²) in [5.41, 5.74) is 13.7. The molecule has 5 N–H and O–H groups in total. The van der Waals surface area contributed by atoms with Gasteiger partial charge in [-0.15, -0.1) is 0 Å². The molecule has 0 spiro atoms. The van der Waals surface area contributed by atoms with Gasteiger partial charge in [-0.05, 0) is 18.1 Å². The highest BCUT2D eigenvalue weighted by Gasteiger charge is 2.06. The Labute approximate surface area is 99.1 Å². The van der Waals surface area contributed by atoms with Crippen LogP contribution in [0.2, 0.25) is 0 Å². The number of rotatable bonds is 2. The standard InChI is InChI=1S/C12H14N4O/c1-7(17)8-2-4-9(5-3-8)10-6-15-12(14)16-11(10)13/h2-7,17H,1H3,(H4,13,14,15,16). The quantitative estimate of drug-likeness (QED) is 0.723. The van der Waals surface area contributed by atoms with Gasteiger partial charge >= 0.3 is 0 Å². The van der Waals surface area contributed by atoms with E-state index < -0.39 is 6.10 Å². The molecule has 1 unspecified atom stereocenters. The molecular formula is C12H14N4O. The lowest BCUT2D eigenvalue weighted by molar-refractivity contribution is 0.199. The monoisotopic (exact) mass is 230 g/mol. The van der Waals surface area contributed by atoms with Gasteiger partial charge in [-0.1, -0.05) is 24.3 Å². The molecular weight excluding hydrogens is 216 g/mol. The molecule has 1 aromatic carbocycles. The van der Waals surface area contributed by atoms with Crippen LogP contribution in [0.4, 0.5) is 11.8 Å². The Balaban J connectivity index is 2.40. The van der Waals surface area contributed by atoms with Crippen molar-refractivity contribution in [1.29, 1.82) is 0 Å². The molecule has 0 radical (unpaired) electrons. The van der Waals surface area contributed by atoms with Crippen molar-refractivity contribution in [1.82, 2.24) is 9.97 Å². The van der Waals surface area contributed by atoms with Crippen LogP contribution in [0.25, 0.3) is 11.1 Å². The zero-order valence-corrected chi connectivity index (χ0v) is 9.46. The highest BCUT2D eigenvalue weighted by atomic mass is 16.3. The molecule has 2 rings (SSSR count). The highest BCUT2D eigenvalue weighted by molar-refractivity contribution is 5.73. The zero-order chi connectivity index (χ0) is 12.4. The molecule has 0 aliphatic heterocycles. The molecule has 1 aromatic heterocycles. The topological polar surface area (TPSA) is 98.0 Å². The maximum atomic E-state index is 9.41. The van der Waals surface area contributed by atoms with Crippen LogP contribution in [-0.2, 0) is 0 Å². The first-order valence-electron chi connectivity index (χ1n) is 5.24. The molecule has 0 aliphatic carbocycles. The average Bonchev–Trinajstić information content (AvgIpc) is 2.29. The summed E-state index contributed by atoms with van der Waals surface area (Å²) in [6.07, 6.45) is 1.11. The summed E-state index contributed by atoms with van der Waals surface area (Å²) in [6.45, 7) is 1.72. The molecule has 0 fully saturated rings. The van der Waals surface area contributed by atoms with Crippen molar-refractivity contribution in [3.63, 3.8) is 0 Å². The first kappa shape index (κ1) is 11.3. The Bertz CT molecular complexity index is 523. The van der Waals surface area contributed by atoms with Crippen LogP contribution in [-0.4, -0.2) is 15.1 Å². The summed E-state index contributed by atoms with van der Waals surface area (Å²) >= 11 is 0. The highest BCUT2D eigenvalue weighted by Crippen LogP contribution is 2.25. The van der Waals surface area contributed by atoms with E-state index in [4.69, 9.17) is 11.5 Å². The summed E-state index contributed by atoms with van der Waals surface area (Å²) in [5, 5.41) is 9.41. The average molecular weight is 230 g/mol. The molecule has 0 saturated heterocycles. The van der Waals surface area contributed by atoms with Crippen LogP contribution in [0.3, 0.4) is 0 Å². The van der Waals surface area contributed by atoms with Crippen molar-refractivity contribution in [2.24, 2.45) is 0 Å². The number of hydrogen-bond acceptors (Lipinski definition) is 5. The third-order valence-corrected chi connectivity index (χ3v) is 2.54. The molecule has 0 amide bonds. The molecule has 88 valence electrons. The maximum absolute atomic E-state index is 9.41. The van der Waals surface area contributed by atoms with Crippen molar-refractivity contribution < 1.29 is 5.11 Å². The minimum Gasteiger partial charge on any atom is -0.389 e. The number of aromatic nitrogens is 2. The Kier molecular flexibility index (Phi) is 2.93. The van der Waals surface area contributed by atoms with Gasteiger partial charge in [0.2, 0.25) is 5.95 Å². The van der Waals surface area contributed by atoms with Gasteiger partial charge in [0.05, 0.1) is 6.10 Å². The SMILES string of the molecule is CC(O)c1ccc(-c2cnc(N)nc2N)cc1. The summed E-state index contributed by atoms with van der Waals surface area (Å²) in [7, 11) is 0. The van der Waals surface area contributed by atoms with E-state index in [1.54, 1.807) is 13.1 Å². The third kappa shape index (κ3) is 2.34. The molecule has 5 heteroatoms. The number of benzene rings is 1. The van der Waals surface area contributed by atoms with Gasteiger partial charge in [0, 0.05) is 11.8 Å². The van der Waals surface area contributed by atoms with E-state index in [1.807, 2.05) is 24.3 Å². The third-order valence-electron chi connectivity index (χ3n) is 2.54. The predicted molar refractivity (Wildman–Crippen MR) is 66.9 cm³/mol. The number of anilines is 2. The largest absolute Gasteiger partial charge is 0.389 e. The second-order valence-corrected chi connectivity index (χ2v) is 3.83. The molecule has 0 aliphatic rings. The lowest BCUT2D eigenvalue weighted by atomic mass is 10.0. The van der Waals surface area contributed by atoms with Crippen LogP contribution >= 0.6 is 0 Å². The number of aliphatic hydroxyl groups is 1. The summed E-state index contributed by atoms with van der Waals surface area (Å²) < 4.78 is 0. The Morgan fingerprint density at radius 3 is 2.35 bits per heavy atom. The van der Waals surface area contributed by atoms with E-state index in [9.17, 15) is 5.11 Å². The van der Waals surface area contributed by atoms with Crippen LogP contribution in [0.5, 0.6) is 0 Å². The smallest absolute Gasteiger partial charge is 0.221 e. The van der Waals surface area contributed by atoms with E-state index in [-0.39, 0.29) is 5.95 Å². The second-order valence-electron chi connectivity index (χ2n) is 3.83. The zero-order valence-electron chi connectivity index (χ0n) is 9.46. The minimum absolute atomic E-state index is 0.159. The molecule has 0 saturated carbocycles. The van der Waals surface area contributed by atoms with Gasteiger partial charge in [0.1, 0.15) is 5.82 Å². The predicted octanol–water partition coefficient (Wildman–Crippen LogP) is 1.36. The minimum atomic E-state index is -0.482. The summed E-state index contributed by atoms with van der Waals surface area (Å²) in [5.74, 6) is 0.508. The van der Waals surface area contributed by atoms with Crippen molar-refractivity contribution in [2.45, 2.75) is 13.0 Å². The number of hydrogen-bond donors (Lipinski definition) is 3. The Hall–Kier alpha value is -2.14. The van der Waals surface area contributed by atoms with E-state index >= 15 is 0 Å². The lowest BCUT2D eigenvalue weighted by Gasteiger charge is -2.08. The van der Waals surface area contributed by atoms with Gasteiger partial charge in [-0.3, -0.25) is 0 Å². The van der Waals surface area contributed by atoms with Crippen LogP contribution in [0.15, 0.2) is 30.5 Å². The van der Waals surface area contributed by atoms with Gasteiger partial charge in [-0.25, -0.2) is 4.98 Å². The second kappa shape index (κ2) is 4.39. The van der Waals surface area contributed by atoms with Crippen molar-refractivity contribution in [3.8, 4) is 11.1 Å². The van der Waals surface area contributed by atoms with Crippen LogP contribution < -0.4 is 11.5 Å². The fourth-order valence-electron chi connectivity index (χ4n) is 1.57. The van der Waals surface area contributed by atoms with Crippen LogP contribution in [0, 0.1) is 0 Å². The normalized spacial score (nSPS) is 12.4. The fraction of sp³-hybridized carbons (Fsp3) is 0.167. The molecule has 0 bridgehead atoms. The molecule has 17 heavy (non-hydrogen) atoms. The molecule has 5 nitrogen and oxygen atoms in total.